The molecule has 1 aromatic rings. The summed E-state index contributed by atoms with van der Waals surface area (Å²) < 4.78 is 0. The second-order valence-electron chi connectivity index (χ2n) is 3.44. The molecular formula is C9H13N3O. The highest BCUT2D eigenvalue weighted by Gasteiger charge is 2.23. The van der Waals surface area contributed by atoms with Gasteiger partial charge in [-0.3, -0.25) is 0 Å². The molecule has 0 bridgehead atoms. The topological polar surface area (TPSA) is 49.2 Å². The molecule has 0 aliphatic heterocycles. The number of nitrogens with zero attached hydrogens (tertiary/aromatic N) is 3. The summed E-state index contributed by atoms with van der Waals surface area (Å²) in [5.74, 6) is 0.813. The van der Waals surface area contributed by atoms with Crippen molar-refractivity contribution in [2.75, 3.05) is 11.9 Å². The van der Waals surface area contributed by atoms with Crippen molar-refractivity contribution in [2.24, 2.45) is 0 Å². The molecule has 0 saturated heterocycles. The van der Waals surface area contributed by atoms with Crippen LogP contribution in [0.25, 0.3) is 0 Å². The fraction of sp³-hybridized carbons (Fsp3) is 0.556. The molecule has 0 atom stereocenters. The van der Waals surface area contributed by atoms with Crippen molar-refractivity contribution in [2.45, 2.75) is 25.3 Å². The van der Waals surface area contributed by atoms with Gasteiger partial charge in [0.15, 0.2) is 5.75 Å². The van der Waals surface area contributed by atoms with Crippen LogP contribution in [-0.2, 0) is 0 Å². The minimum absolute atomic E-state index is 0.116. The number of anilines is 1. The van der Waals surface area contributed by atoms with Gasteiger partial charge in [0.05, 0.1) is 12.4 Å². The largest absolute Gasteiger partial charge is 0.505 e. The summed E-state index contributed by atoms with van der Waals surface area (Å²) in [6, 6.07) is 0.588. The third kappa shape index (κ3) is 1.56. The van der Waals surface area contributed by atoms with Crippen molar-refractivity contribution >= 4 is 5.95 Å². The molecule has 0 spiro atoms. The first kappa shape index (κ1) is 8.29. The maximum absolute atomic E-state index is 9.00. The molecule has 0 unspecified atom stereocenters. The summed E-state index contributed by atoms with van der Waals surface area (Å²) in [6.45, 7) is 0. The predicted octanol–water partition coefficient (Wildman–Crippen LogP) is 1.17. The average molecular weight is 179 g/mol. The van der Waals surface area contributed by atoms with Crippen LogP contribution in [0.1, 0.15) is 19.3 Å². The Labute approximate surface area is 77.2 Å². The highest BCUT2D eigenvalue weighted by atomic mass is 16.3. The molecule has 1 aliphatic carbocycles. The maximum atomic E-state index is 9.00. The number of hydrogen-bond acceptors (Lipinski definition) is 4. The van der Waals surface area contributed by atoms with E-state index >= 15 is 0 Å². The normalized spacial score (nSPS) is 16.7. The van der Waals surface area contributed by atoms with Crippen LogP contribution >= 0.6 is 0 Å². The van der Waals surface area contributed by atoms with Crippen LogP contribution in [0.3, 0.4) is 0 Å². The molecule has 0 radical (unpaired) electrons. The standard InChI is InChI=1S/C9H13N3O/c1-12(7-3-2-4-7)9-10-5-8(13)6-11-9/h5-7,13H,2-4H2,1H3. The average Bonchev–Trinajstić information content (AvgIpc) is 2.02. The van der Waals surface area contributed by atoms with Gasteiger partial charge in [0, 0.05) is 13.1 Å². The minimum atomic E-state index is 0.116. The molecule has 1 aliphatic rings. The second kappa shape index (κ2) is 3.20. The van der Waals surface area contributed by atoms with E-state index in [2.05, 4.69) is 14.9 Å². The zero-order chi connectivity index (χ0) is 9.26. The smallest absolute Gasteiger partial charge is 0.225 e. The Morgan fingerprint density at radius 3 is 2.46 bits per heavy atom. The number of aromatic nitrogens is 2. The summed E-state index contributed by atoms with van der Waals surface area (Å²) >= 11 is 0. The van der Waals surface area contributed by atoms with Crippen molar-refractivity contribution in [1.82, 2.24) is 9.97 Å². The van der Waals surface area contributed by atoms with E-state index in [1.165, 1.54) is 31.7 Å². The van der Waals surface area contributed by atoms with Crippen LogP contribution < -0.4 is 4.90 Å². The molecule has 1 heterocycles. The monoisotopic (exact) mass is 179 g/mol. The zero-order valence-corrected chi connectivity index (χ0v) is 7.64. The lowest BCUT2D eigenvalue weighted by Gasteiger charge is -2.34. The van der Waals surface area contributed by atoms with Gasteiger partial charge in [-0.05, 0) is 19.3 Å². The Kier molecular flexibility index (Phi) is 2.04. The van der Waals surface area contributed by atoms with Crippen molar-refractivity contribution in [3.05, 3.63) is 12.4 Å². The van der Waals surface area contributed by atoms with Crippen LogP contribution in [0.2, 0.25) is 0 Å². The molecule has 0 aromatic carbocycles. The predicted molar refractivity (Wildman–Crippen MR) is 49.7 cm³/mol. The lowest BCUT2D eigenvalue weighted by atomic mass is 9.92. The molecule has 1 fully saturated rings. The fourth-order valence-electron chi connectivity index (χ4n) is 1.43. The second-order valence-corrected chi connectivity index (χ2v) is 3.44. The van der Waals surface area contributed by atoms with Crippen LogP contribution in [0.4, 0.5) is 5.95 Å². The van der Waals surface area contributed by atoms with Gasteiger partial charge in [0.1, 0.15) is 0 Å². The molecule has 4 nitrogen and oxygen atoms in total. The van der Waals surface area contributed by atoms with E-state index in [1.54, 1.807) is 0 Å². The molecule has 1 N–H and O–H groups in total. The fourth-order valence-corrected chi connectivity index (χ4v) is 1.43. The highest BCUT2D eigenvalue weighted by Crippen LogP contribution is 2.26. The van der Waals surface area contributed by atoms with E-state index in [4.69, 9.17) is 5.11 Å². The molecular weight excluding hydrogens is 166 g/mol. The van der Waals surface area contributed by atoms with Crippen LogP contribution in [0.15, 0.2) is 12.4 Å². The Morgan fingerprint density at radius 1 is 1.38 bits per heavy atom. The number of hydrogen-bond donors (Lipinski definition) is 1. The van der Waals surface area contributed by atoms with E-state index in [1.807, 2.05) is 7.05 Å². The number of aromatic hydroxyl groups is 1. The van der Waals surface area contributed by atoms with Gasteiger partial charge in [0.25, 0.3) is 0 Å². The zero-order valence-electron chi connectivity index (χ0n) is 7.64. The Morgan fingerprint density at radius 2 is 2.00 bits per heavy atom. The first-order valence-corrected chi connectivity index (χ1v) is 4.51. The molecule has 4 heteroatoms. The van der Waals surface area contributed by atoms with Gasteiger partial charge in [0.2, 0.25) is 5.95 Å². The summed E-state index contributed by atoms with van der Waals surface area (Å²) in [7, 11) is 2.00. The van der Waals surface area contributed by atoms with E-state index in [0.29, 0.717) is 12.0 Å². The summed E-state index contributed by atoms with van der Waals surface area (Å²) in [4.78, 5) is 10.2. The quantitative estimate of drug-likeness (QED) is 0.740. The molecule has 1 aromatic heterocycles. The van der Waals surface area contributed by atoms with Crippen molar-refractivity contribution in [1.29, 1.82) is 0 Å². The third-order valence-corrected chi connectivity index (χ3v) is 2.56. The summed E-state index contributed by atoms with van der Waals surface area (Å²) in [6.07, 6.45) is 6.60. The van der Waals surface area contributed by atoms with E-state index in [9.17, 15) is 0 Å². The van der Waals surface area contributed by atoms with Crippen LogP contribution in [0.5, 0.6) is 5.75 Å². The SMILES string of the molecule is CN(c1ncc(O)cn1)C1CCC1. The van der Waals surface area contributed by atoms with Crippen LogP contribution in [0, 0.1) is 0 Å². The maximum Gasteiger partial charge on any atom is 0.225 e. The molecule has 70 valence electrons. The van der Waals surface area contributed by atoms with E-state index in [-0.39, 0.29) is 5.75 Å². The van der Waals surface area contributed by atoms with Crippen LogP contribution in [-0.4, -0.2) is 28.2 Å². The molecule has 13 heavy (non-hydrogen) atoms. The number of rotatable bonds is 2. The molecule has 2 rings (SSSR count). The molecule has 0 amide bonds. The Bertz CT molecular complexity index is 281. The first-order valence-electron chi connectivity index (χ1n) is 4.51. The Hall–Kier alpha value is -1.32. The van der Waals surface area contributed by atoms with Gasteiger partial charge in [-0.1, -0.05) is 0 Å². The van der Waals surface area contributed by atoms with E-state index < -0.39 is 0 Å². The van der Waals surface area contributed by atoms with Gasteiger partial charge >= 0.3 is 0 Å². The minimum Gasteiger partial charge on any atom is -0.505 e. The van der Waals surface area contributed by atoms with Gasteiger partial charge < -0.3 is 10.0 Å². The highest BCUT2D eigenvalue weighted by molar-refractivity contribution is 5.32. The first-order chi connectivity index (χ1) is 6.27. The van der Waals surface area contributed by atoms with Gasteiger partial charge in [-0.25, -0.2) is 9.97 Å². The molecule has 1 saturated carbocycles. The summed E-state index contributed by atoms with van der Waals surface area (Å²) in [5.41, 5.74) is 0. The van der Waals surface area contributed by atoms with Crippen molar-refractivity contribution in [3.8, 4) is 5.75 Å². The lowest BCUT2D eigenvalue weighted by molar-refractivity contribution is 0.396. The third-order valence-electron chi connectivity index (χ3n) is 2.56. The van der Waals surface area contributed by atoms with Gasteiger partial charge in [-0.2, -0.15) is 0 Å². The van der Waals surface area contributed by atoms with E-state index in [0.717, 1.165) is 0 Å². The Balaban J connectivity index is 2.10. The van der Waals surface area contributed by atoms with Crippen molar-refractivity contribution in [3.63, 3.8) is 0 Å². The van der Waals surface area contributed by atoms with Gasteiger partial charge in [-0.15, -0.1) is 0 Å². The van der Waals surface area contributed by atoms with Crippen molar-refractivity contribution < 1.29 is 5.11 Å². The summed E-state index contributed by atoms with van der Waals surface area (Å²) in [5, 5.41) is 9.00. The lowest BCUT2D eigenvalue weighted by Crippen LogP contribution is -2.38.